The van der Waals surface area contributed by atoms with Crippen LogP contribution in [0.1, 0.15) is 98.8 Å². The number of nitrogens with zero attached hydrogens (tertiary/aromatic N) is 1. The molecular formula is C36H64N10O11. The maximum Gasteiger partial charge on any atom is 0.326 e. The van der Waals surface area contributed by atoms with Crippen molar-refractivity contribution < 1.29 is 53.4 Å². The first-order valence-corrected chi connectivity index (χ1v) is 19.4. The van der Waals surface area contributed by atoms with Gasteiger partial charge in [-0.3, -0.25) is 38.4 Å². The van der Waals surface area contributed by atoms with Crippen molar-refractivity contribution in [2.75, 3.05) is 13.1 Å². The topological polar surface area (TPSA) is 362 Å². The molecule has 0 spiro atoms. The number of aliphatic hydroxyl groups excluding tert-OH is 1. The highest BCUT2D eigenvalue weighted by Gasteiger charge is 2.41. The van der Waals surface area contributed by atoms with Crippen molar-refractivity contribution in [3.05, 3.63) is 0 Å². The molecule has 1 aliphatic rings. The lowest BCUT2D eigenvalue weighted by molar-refractivity contribution is -0.144. The number of hydrogen-bond donors (Lipinski definition) is 11. The number of nitrogens with one attached hydrogen (secondary N) is 5. The molecule has 0 aliphatic carbocycles. The van der Waals surface area contributed by atoms with E-state index in [0.717, 1.165) is 0 Å². The number of rotatable bonds is 26. The fourth-order valence-electron chi connectivity index (χ4n) is 6.13. The van der Waals surface area contributed by atoms with Gasteiger partial charge in [0.25, 0.3) is 0 Å². The summed E-state index contributed by atoms with van der Waals surface area (Å²) in [5.41, 5.74) is 22.1. The lowest BCUT2D eigenvalue weighted by atomic mass is 9.96. The number of nitrogens with two attached hydrogens (primary N) is 4. The third kappa shape index (κ3) is 16.6. The van der Waals surface area contributed by atoms with Gasteiger partial charge in [0.1, 0.15) is 36.3 Å². The fraction of sp³-hybridized carbons (Fsp3) is 0.750. The Morgan fingerprint density at radius 2 is 1.25 bits per heavy atom. The summed E-state index contributed by atoms with van der Waals surface area (Å²) in [4.78, 5) is 117. The van der Waals surface area contributed by atoms with Crippen LogP contribution < -0.4 is 49.5 Å². The van der Waals surface area contributed by atoms with E-state index in [1.807, 2.05) is 0 Å². The Bertz CT molecular complexity index is 1430. The smallest absolute Gasteiger partial charge is 0.326 e. The van der Waals surface area contributed by atoms with Crippen LogP contribution in [0, 0.1) is 11.8 Å². The van der Waals surface area contributed by atoms with Crippen LogP contribution in [0.5, 0.6) is 0 Å². The minimum atomic E-state index is -1.45. The number of carboxylic acid groups (broad SMARTS) is 1. The molecule has 0 saturated carbocycles. The van der Waals surface area contributed by atoms with Crippen LogP contribution in [-0.4, -0.2) is 130 Å². The van der Waals surface area contributed by atoms with Gasteiger partial charge in [0.2, 0.25) is 47.3 Å². The van der Waals surface area contributed by atoms with Crippen LogP contribution in [0.15, 0.2) is 0 Å². The highest BCUT2D eigenvalue weighted by atomic mass is 16.4. The first-order valence-electron chi connectivity index (χ1n) is 19.4. The van der Waals surface area contributed by atoms with Gasteiger partial charge in [-0.15, -0.1) is 0 Å². The van der Waals surface area contributed by atoms with Gasteiger partial charge in [0.15, 0.2) is 0 Å². The molecule has 0 bridgehead atoms. The van der Waals surface area contributed by atoms with E-state index < -0.39 is 113 Å². The minimum Gasteiger partial charge on any atom is -0.480 e. The molecule has 21 nitrogen and oxygen atoms in total. The van der Waals surface area contributed by atoms with Crippen LogP contribution in [-0.2, 0) is 43.2 Å². The number of carbonyl (C=O) groups excluding carboxylic acids is 8. The molecule has 0 aromatic carbocycles. The third-order valence-electron chi connectivity index (χ3n) is 9.84. The first kappa shape index (κ1) is 50.1. The predicted molar refractivity (Wildman–Crippen MR) is 206 cm³/mol. The first-order chi connectivity index (χ1) is 26.7. The third-order valence-corrected chi connectivity index (χ3v) is 9.84. The molecule has 1 fully saturated rings. The Balaban J connectivity index is 3.30. The van der Waals surface area contributed by atoms with Crippen molar-refractivity contribution in [1.82, 2.24) is 31.5 Å². The summed E-state index contributed by atoms with van der Waals surface area (Å²) >= 11 is 0. The second-order valence-electron chi connectivity index (χ2n) is 14.9. The van der Waals surface area contributed by atoms with E-state index >= 15 is 0 Å². The predicted octanol–water partition coefficient (Wildman–Crippen LogP) is -3.44. The molecule has 21 heteroatoms. The van der Waals surface area contributed by atoms with Crippen molar-refractivity contribution in [3.63, 3.8) is 0 Å². The molecule has 324 valence electrons. The zero-order valence-electron chi connectivity index (χ0n) is 33.6. The van der Waals surface area contributed by atoms with Crippen molar-refractivity contribution in [1.29, 1.82) is 0 Å². The molecule has 9 unspecified atom stereocenters. The summed E-state index contributed by atoms with van der Waals surface area (Å²) in [6.45, 7) is 8.29. The molecule has 8 amide bonds. The molecule has 57 heavy (non-hydrogen) atoms. The van der Waals surface area contributed by atoms with E-state index in [9.17, 15) is 53.4 Å². The van der Waals surface area contributed by atoms with Gasteiger partial charge >= 0.3 is 5.97 Å². The van der Waals surface area contributed by atoms with E-state index in [1.54, 1.807) is 27.7 Å². The summed E-state index contributed by atoms with van der Waals surface area (Å²) in [6, 6.07) is -9.07. The van der Waals surface area contributed by atoms with E-state index in [4.69, 9.17) is 22.9 Å². The maximum atomic E-state index is 13.8. The van der Waals surface area contributed by atoms with Crippen LogP contribution in [0.25, 0.3) is 0 Å². The van der Waals surface area contributed by atoms with Gasteiger partial charge in [-0.1, -0.05) is 40.5 Å². The number of amides is 8. The number of aliphatic hydroxyl groups is 1. The van der Waals surface area contributed by atoms with Crippen LogP contribution in [0.3, 0.4) is 0 Å². The fourth-order valence-corrected chi connectivity index (χ4v) is 6.13. The monoisotopic (exact) mass is 812 g/mol. The Hall–Kier alpha value is -4.89. The Labute approximate surface area is 332 Å². The number of hydrogen-bond acceptors (Lipinski definition) is 12. The van der Waals surface area contributed by atoms with Crippen LogP contribution in [0.2, 0.25) is 0 Å². The number of carbonyl (C=O) groups is 9. The molecule has 1 aliphatic heterocycles. The lowest BCUT2D eigenvalue weighted by Gasteiger charge is -2.32. The summed E-state index contributed by atoms with van der Waals surface area (Å²) in [7, 11) is 0. The van der Waals surface area contributed by atoms with Crippen molar-refractivity contribution in [2.24, 2.45) is 34.8 Å². The Morgan fingerprint density at radius 1 is 0.719 bits per heavy atom. The zero-order chi connectivity index (χ0) is 43.6. The van der Waals surface area contributed by atoms with Crippen molar-refractivity contribution in [3.8, 4) is 0 Å². The van der Waals surface area contributed by atoms with Crippen LogP contribution >= 0.6 is 0 Å². The Morgan fingerprint density at radius 3 is 1.72 bits per heavy atom. The highest BCUT2D eigenvalue weighted by molar-refractivity contribution is 5.97. The van der Waals surface area contributed by atoms with Crippen LogP contribution in [0.4, 0.5) is 0 Å². The zero-order valence-corrected chi connectivity index (χ0v) is 33.6. The van der Waals surface area contributed by atoms with E-state index in [-0.39, 0.29) is 38.6 Å². The minimum absolute atomic E-state index is 0.0852. The number of primary amides is 2. The number of carboxylic acids is 1. The molecule has 1 heterocycles. The van der Waals surface area contributed by atoms with Crippen molar-refractivity contribution >= 4 is 53.2 Å². The number of likely N-dealkylation sites (tertiary alicyclic amines) is 1. The van der Waals surface area contributed by atoms with Gasteiger partial charge in [0, 0.05) is 19.4 Å². The SMILES string of the molecule is CCC(C)C(NC(=O)C(CCC(N)=O)NC(=O)C1CCCN1C(=O)C(NC(=O)C(N)CCCCN)C(C)O)C(=O)NC(CCC(N)=O)C(=O)NC(C(=O)O)C(C)C. The highest BCUT2D eigenvalue weighted by Crippen LogP contribution is 2.20. The normalized spacial score (nSPS) is 18.1. The molecule has 15 N–H and O–H groups in total. The molecule has 9 atom stereocenters. The average molecular weight is 813 g/mol. The van der Waals surface area contributed by atoms with Gasteiger partial charge in [-0.05, 0) is 63.8 Å². The van der Waals surface area contributed by atoms with E-state index in [2.05, 4.69) is 26.6 Å². The largest absolute Gasteiger partial charge is 0.480 e. The molecule has 1 rings (SSSR count). The van der Waals surface area contributed by atoms with Gasteiger partial charge in [-0.2, -0.15) is 0 Å². The summed E-state index contributed by atoms with van der Waals surface area (Å²) in [5, 5.41) is 32.5. The van der Waals surface area contributed by atoms with Gasteiger partial charge in [-0.25, -0.2) is 4.79 Å². The van der Waals surface area contributed by atoms with E-state index in [1.165, 1.54) is 11.8 Å². The molecule has 0 radical (unpaired) electrons. The van der Waals surface area contributed by atoms with E-state index in [0.29, 0.717) is 38.6 Å². The quantitative estimate of drug-likeness (QED) is 0.0379. The molecule has 1 saturated heterocycles. The summed E-state index contributed by atoms with van der Waals surface area (Å²) < 4.78 is 0. The van der Waals surface area contributed by atoms with Gasteiger partial charge in [0.05, 0.1) is 12.1 Å². The second kappa shape index (κ2) is 24.7. The number of unbranched alkanes of at least 4 members (excludes halogenated alkanes) is 1. The standard InChI is InChI=1S/C36H64N10O11/c1-6-19(4)28(34(54)42-23(13-15-26(40)49)31(51)43-27(18(2)3)36(56)57)44-32(52)22(12-14-25(39)48)41-33(53)24-11-9-17-46(24)35(55)29(20(5)47)45-30(50)21(38)10-7-8-16-37/h18-24,27-29,47H,6-17,37-38H2,1-5H3,(H2,39,48)(H2,40,49)(H,41,53)(H,42,54)(H,43,51)(H,44,52)(H,45,50)(H,56,57). The summed E-state index contributed by atoms with van der Waals surface area (Å²) in [6.07, 6.45) is -0.278. The lowest BCUT2D eigenvalue weighted by Crippen LogP contribution is -2.61. The summed E-state index contributed by atoms with van der Waals surface area (Å²) in [5.74, 6) is -8.88. The number of aliphatic carboxylic acids is 1. The second-order valence-corrected chi connectivity index (χ2v) is 14.9. The molecular weight excluding hydrogens is 748 g/mol. The average Bonchev–Trinajstić information content (AvgIpc) is 3.64. The Kier molecular flexibility index (Phi) is 21.7. The molecule has 0 aromatic rings. The van der Waals surface area contributed by atoms with Crippen molar-refractivity contribution in [2.45, 2.75) is 147 Å². The maximum absolute atomic E-state index is 13.8. The van der Waals surface area contributed by atoms with Gasteiger partial charge < -0.3 is 64.6 Å². The molecule has 0 aromatic heterocycles.